The van der Waals surface area contributed by atoms with E-state index in [-0.39, 0.29) is 17.7 Å². The first-order chi connectivity index (χ1) is 12.5. The maximum atomic E-state index is 12.5. The molecule has 9 heteroatoms. The Kier molecular flexibility index (Phi) is 5.77. The molecule has 0 saturated carbocycles. The van der Waals surface area contributed by atoms with Gasteiger partial charge in [0.25, 0.3) is 5.91 Å². The van der Waals surface area contributed by atoms with Gasteiger partial charge in [0, 0.05) is 13.6 Å². The molecule has 1 N–H and O–H groups in total. The van der Waals surface area contributed by atoms with Crippen LogP contribution in [0.1, 0.15) is 34.9 Å². The molecule has 0 spiro atoms. The molecule has 26 heavy (non-hydrogen) atoms. The maximum Gasteiger partial charge on any atom is 0.387 e. The fourth-order valence-corrected chi connectivity index (χ4v) is 2.94. The number of piperidine rings is 1. The SMILES string of the molecule is CN(Cc1ccc(OC(F)F)cc1)C(=O)c1cn(C2CCNCC2)nn1. The summed E-state index contributed by atoms with van der Waals surface area (Å²) < 4.78 is 30.4. The second-order valence-corrected chi connectivity index (χ2v) is 6.25. The average molecular weight is 365 g/mol. The first-order valence-electron chi connectivity index (χ1n) is 8.44. The number of alkyl halides is 2. The summed E-state index contributed by atoms with van der Waals surface area (Å²) in [7, 11) is 1.66. The van der Waals surface area contributed by atoms with Crippen molar-refractivity contribution in [3.8, 4) is 5.75 Å². The third kappa shape index (κ3) is 4.54. The highest BCUT2D eigenvalue weighted by molar-refractivity contribution is 5.91. The van der Waals surface area contributed by atoms with Crippen LogP contribution < -0.4 is 10.1 Å². The standard InChI is InChI=1S/C17H21F2N5O2/c1-23(10-12-2-4-14(5-3-12)26-17(18)19)16(25)15-11-24(22-21-15)13-6-8-20-9-7-13/h2-5,11,13,17,20H,6-10H2,1H3. The van der Waals surface area contributed by atoms with Gasteiger partial charge in [0.15, 0.2) is 5.69 Å². The highest BCUT2D eigenvalue weighted by atomic mass is 19.3. The van der Waals surface area contributed by atoms with Gasteiger partial charge >= 0.3 is 6.61 Å². The molecule has 2 heterocycles. The summed E-state index contributed by atoms with van der Waals surface area (Å²) >= 11 is 0. The topological polar surface area (TPSA) is 72.3 Å². The van der Waals surface area contributed by atoms with Crippen LogP contribution in [0, 0.1) is 0 Å². The van der Waals surface area contributed by atoms with Gasteiger partial charge in [0.05, 0.1) is 12.2 Å². The van der Waals surface area contributed by atoms with Crippen LogP contribution in [0.5, 0.6) is 5.75 Å². The van der Waals surface area contributed by atoms with Crippen LogP contribution in [0.4, 0.5) is 8.78 Å². The van der Waals surface area contributed by atoms with E-state index in [0.29, 0.717) is 12.2 Å². The van der Waals surface area contributed by atoms with E-state index in [1.54, 1.807) is 30.1 Å². The molecule has 0 unspecified atom stereocenters. The number of hydrogen-bond donors (Lipinski definition) is 1. The largest absolute Gasteiger partial charge is 0.435 e. The number of amides is 1. The second kappa shape index (κ2) is 8.22. The molecule has 2 aromatic rings. The number of halogens is 2. The number of carbonyl (C=O) groups is 1. The molecule has 0 atom stereocenters. The van der Waals surface area contributed by atoms with E-state index in [0.717, 1.165) is 31.5 Å². The zero-order chi connectivity index (χ0) is 18.5. The van der Waals surface area contributed by atoms with Gasteiger partial charge in [-0.05, 0) is 43.6 Å². The lowest BCUT2D eigenvalue weighted by molar-refractivity contribution is -0.0498. The average Bonchev–Trinajstić information content (AvgIpc) is 3.13. The van der Waals surface area contributed by atoms with Crippen LogP contribution in [-0.2, 0) is 6.54 Å². The number of aromatic nitrogens is 3. The lowest BCUT2D eigenvalue weighted by atomic mass is 10.1. The van der Waals surface area contributed by atoms with Gasteiger partial charge < -0.3 is 15.0 Å². The van der Waals surface area contributed by atoms with E-state index in [4.69, 9.17) is 0 Å². The fourth-order valence-electron chi connectivity index (χ4n) is 2.94. The number of hydrogen-bond acceptors (Lipinski definition) is 5. The third-order valence-corrected chi connectivity index (χ3v) is 4.33. The molecule has 1 saturated heterocycles. The fraction of sp³-hybridized carbons (Fsp3) is 0.471. The summed E-state index contributed by atoms with van der Waals surface area (Å²) in [4.78, 5) is 14.0. The zero-order valence-corrected chi connectivity index (χ0v) is 14.4. The number of nitrogens with zero attached hydrogens (tertiary/aromatic N) is 4. The summed E-state index contributed by atoms with van der Waals surface area (Å²) in [6.45, 7) is -0.668. The van der Waals surface area contributed by atoms with Crippen molar-refractivity contribution in [2.75, 3.05) is 20.1 Å². The van der Waals surface area contributed by atoms with E-state index in [2.05, 4.69) is 20.4 Å². The predicted octanol–water partition coefficient (Wildman–Crippen LogP) is 2.08. The van der Waals surface area contributed by atoms with Crippen molar-refractivity contribution in [3.63, 3.8) is 0 Å². The summed E-state index contributed by atoms with van der Waals surface area (Å²) in [5, 5.41) is 11.4. The van der Waals surface area contributed by atoms with Gasteiger partial charge in [-0.1, -0.05) is 17.3 Å². The Bertz CT molecular complexity index is 729. The van der Waals surface area contributed by atoms with Crippen molar-refractivity contribution in [1.82, 2.24) is 25.2 Å². The van der Waals surface area contributed by atoms with E-state index in [1.165, 1.54) is 17.0 Å². The molecular weight excluding hydrogens is 344 g/mol. The quantitative estimate of drug-likeness (QED) is 0.849. The third-order valence-electron chi connectivity index (χ3n) is 4.33. The molecule has 1 fully saturated rings. The minimum atomic E-state index is -2.85. The molecule has 140 valence electrons. The van der Waals surface area contributed by atoms with Gasteiger partial charge in [-0.15, -0.1) is 5.10 Å². The van der Waals surface area contributed by atoms with Crippen LogP contribution in [0.2, 0.25) is 0 Å². The van der Waals surface area contributed by atoms with E-state index < -0.39 is 6.61 Å². The van der Waals surface area contributed by atoms with Crippen LogP contribution in [0.3, 0.4) is 0 Å². The predicted molar refractivity (Wildman–Crippen MR) is 90.0 cm³/mol. The Labute approximate surface area is 149 Å². The lowest BCUT2D eigenvalue weighted by Crippen LogP contribution is -2.29. The summed E-state index contributed by atoms with van der Waals surface area (Å²) in [5.41, 5.74) is 1.09. The molecule has 1 amide bonds. The van der Waals surface area contributed by atoms with Crippen LogP contribution in [-0.4, -0.2) is 52.5 Å². The van der Waals surface area contributed by atoms with Crippen molar-refractivity contribution in [2.24, 2.45) is 0 Å². The molecule has 1 aromatic heterocycles. The molecule has 1 aliphatic heterocycles. The van der Waals surface area contributed by atoms with Crippen molar-refractivity contribution in [1.29, 1.82) is 0 Å². The minimum Gasteiger partial charge on any atom is -0.435 e. The number of benzene rings is 1. The Morgan fingerprint density at radius 1 is 1.35 bits per heavy atom. The van der Waals surface area contributed by atoms with Crippen LogP contribution >= 0.6 is 0 Å². The van der Waals surface area contributed by atoms with E-state index >= 15 is 0 Å². The van der Waals surface area contributed by atoms with Crippen LogP contribution in [0.25, 0.3) is 0 Å². The minimum absolute atomic E-state index is 0.0858. The first kappa shape index (κ1) is 18.2. The molecule has 7 nitrogen and oxygen atoms in total. The molecular formula is C17H21F2N5O2. The molecule has 0 aliphatic carbocycles. The number of carbonyl (C=O) groups excluding carboxylic acids is 1. The lowest BCUT2D eigenvalue weighted by Gasteiger charge is -2.22. The van der Waals surface area contributed by atoms with Gasteiger partial charge in [0.1, 0.15) is 5.75 Å². The monoisotopic (exact) mass is 365 g/mol. The molecule has 1 aliphatic rings. The molecule has 1 aromatic carbocycles. The van der Waals surface area contributed by atoms with Crippen molar-refractivity contribution in [2.45, 2.75) is 32.0 Å². The van der Waals surface area contributed by atoms with Crippen LogP contribution in [0.15, 0.2) is 30.5 Å². The maximum absolute atomic E-state index is 12.5. The zero-order valence-electron chi connectivity index (χ0n) is 14.4. The summed E-state index contributed by atoms with van der Waals surface area (Å²) in [6, 6.07) is 6.46. The number of nitrogens with one attached hydrogen (secondary N) is 1. The van der Waals surface area contributed by atoms with Crippen molar-refractivity contribution < 1.29 is 18.3 Å². The highest BCUT2D eigenvalue weighted by Crippen LogP contribution is 2.18. The Morgan fingerprint density at radius 2 is 2.04 bits per heavy atom. The first-order valence-corrected chi connectivity index (χ1v) is 8.44. The van der Waals surface area contributed by atoms with E-state index in [9.17, 15) is 13.6 Å². The van der Waals surface area contributed by atoms with Gasteiger partial charge in [-0.3, -0.25) is 4.79 Å². The number of ether oxygens (including phenoxy) is 1. The number of rotatable bonds is 6. The van der Waals surface area contributed by atoms with Gasteiger partial charge in [-0.25, -0.2) is 4.68 Å². The van der Waals surface area contributed by atoms with Gasteiger partial charge in [0.2, 0.25) is 0 Å². The normalized spacial score (nSPS) is 15.2. The van der Waals surface area contributed by atoms with Crippen molar-refractivity contribution in [3.05, 3.63) is 41.7 Å². The molecule has 0 radical (unpaired) electrons. The van der Waals surface area contributed by atoms with Crippen molar-refractivity contribution >= 4 is 5.91 Å². The highest BCUT2D eigenvalue weighted by Gasteiger charge is 2.20. The second-order valence-electron chi connectivity index (χ2n) is 6.25. The smallest absolute Gasteiger partial charge is 0.387 e. The Morgan fingerprint density at radius 3 is 2.69 bits per heavy atom. The summed E-state index contributed by atoms with van der Waals surface area (Å²) in [5.74, 6) is -0.152. The van der Waals surface area contributed by atoms with E-state index in [1.807, 2.05) is 0 Å². The summed E-state index contributed by atoms with van der Waals surface area (Å²) in [6.07, 6.45) is 3.61. The Hall–Kier alpha value is -2.55. The van der Waals surface area contributed by atoms with Gasteiger partial charge in [-0.2, -0.15) is 8.78 Å². The molecule has 0 bridgehead atoms. The molecule has 3 rings (SSSR count). The Balaban J connectivity index is 1.60.